The molecule has 6 nitrogen and oxygen atoms in total. The topological polar surface area (TPSA) is 80.3 Å². The average Bonchev–Trinajstić information content (AvgIpc) is 2.51. The number of carbonyl (C=O) groups excluding carboxylic acids is 2. The third-order valence-corrected chi connectivity index (χ3v) is 3.60. The van der Waals surface area contributed by atoms with Crippen molar-refractivity contribution in [3.8, 4) is 5.75 Å². The predicted octanol–water partition coefficient (Wildman–Crippen LogP) is 2.60. The number of rotatable bonds is 2. The van der Waals surface area contributed by atoms with Crippen LogP contribution in [0.4, 0.5) is 15.9 Å². The monoisotopic (exact) mass is 335 g/mol. The van der Waals surface area contributed by atoms with E-state index in [9.17, 15) is 14.0 Å². The van der Waals surface area contributed by atoms with E-state index in [4.69, 9.17) is 16.3 Å². The van der Waals surface area contributed by atoms with Crippen LogP contribution in [-0.2, 0) is 9.59 Å². The van der Waals surface area contributed by atoms with Crippen LogP contribution in [0.2, 0.25) is 5.02 Å². The summed E-state index contributed by atoms with van der Waals surface area (Å²) < 4.78 is 19.3. The van der Waals surface area contributed by atoms with Gasteiger partial charge >= 0.3 is 0 Å². The Bertz CT molecular complexity index is 814. The van der Waals surface area contributed by atoms with Crippen LogP contribution in [0, 0.1) is 5.82 Å². The first-order chi connectivity index (χ1) is 10.9. The highest BCUT2D eigenvalue weighted by Crippen LogP contribution is 2.32. The van der Waals surface area contributed by atoms with Crippen LogP contribution in [-0.4, -0.2) is 22.4 Å². The second-order valence-corrected chi connectivity index (χ2v) is 5.45. The summed E-state index contributed by atoms with van der Waals surface area (Å²) in [6.45, 7) is 1.29. The number of pyridine rings is 1. The highest BCUT2D eigenvalue weighted by atomic mass is 35.5. The number of nitrogens with zero attached hydrogens (tertiary/aromatic N) is 1. The first-order valence-electron chi connectivity index (χ1n) is 6.62. The average molecular weight is 336 g/mol. The molecule has 0 saturated heterocycles. The minimum atomic E-state index is -1.86. The Morgan fingerprint density at radius 2 is 2.22 bits per heavy atom. The van der Waals surface area contributed by atoms with Gasteiger partial charge in [-0.3, -0.25) is 9.59 Å². The van der Waals surface area contributed by atoms with Crippen molar-refractivity contribution in [2.75, 3.05) is 10.6 Å². The lowest BCUT2D eigenvalue weighted by Crippen LogP contribution is -2.56. The third kappa shape index (κ3) is 2.70. The lowest BCUT2D eigenvalue weighted by molar-refractivity contribution is -0.143. The van der Waals surface area contributed by atoms with Gasteiger partial charge in [-0.25, -0.2) is 9.37 Å². The molecule has 118 valence electrons. The van der Waals surface area contributed by atoms with Crippen molar-refractivity contribution in [3.05, 3.63) is 47.4 Å². The van der Waals surface area contributed by atoms with Crippen molar-refractivity contribution in [3.63, 3.8) is 0 Å². The van der Waals surface area contributed by atoms with E-state index in [2.05, 4.69) is 15.6 Å². The van der Waals surface area contributed by atoms with Crippen molar-refractivity contribution >= 4 is 34.9 Å². The van der Waals surface area contributed by atoms with Gasteiger partial charge < -0.3 is 15.4 Å². The number of aromatic nitrogens is 1. The Hall–Kier alpha value is -2.67. The quantitative estimate of drug-likeness (QED) is 0.827. The summed E-state index contributed by atoms with van der Waals surface area (Å²) in [5, 5.41) is 5.01. The van der Waals surface area contributed by atoms with E-state index in [1.54, 1.807) is 12.1 Å². The molecule has 0 radical (unpaired) electrons. The Balaban J connectivity index is 1.88. The summed E-state index contributed by atoms with van der Waals surface area (Å²) in [5.74, 6) is -1.75. The Morgan fingerprint density at radius 3 is 2.96 bits per heavy atom. The maximum Gasteiger partial charge on any atom is 0.279 e. The molecule has 0 aliphatic carbocycles. The molecule has 0 spiro atoms. The summed E-state index contributed by atoms with van der Waals surface area (Å²) in [5.41, 5.74) is -1.96. The molecule has 8 heteroatoms. The highest BCUT2D eigenvalue weighted by molar-refractivity contribution is 6.30. The van der Waals surface area contributed by atoms with E-state index in [1.807, 2.05) is 0 Å². The number of ether oxygens (including phenoxy) is 1. The zero-order valence-corrected chi connectivity index (χ0v) is 12.6. The first kappa shape index (κ1) is 15.2. The predicted molar refractivity (Wildman–Crippen MR) is 81.9 cm³/mol. The molecule has 1 aliphatic heterocycles. The van der Waals surface area contributed by atoms with Crippen LogP contribution in [0.15, 0.2) is 36.5 Å². The van der Waals surface area contributed by atoms with Gasteiger partial charge in [0.05, 0.1) is 5.69 Å². The van der Waals surface area contributed by atoms with Crippen LogP contribution >= 0.6 is 11.6 Å². The molecule has 23 heavy (non-hydrogen) atoms. The lowest BCUT2D eigenvalue weighted by Gasteiger charge is -2.32. The molecule has 2 N–H and O–H groups in total. The van der Waals surface area contributed by atoms with Gasteiger partial charge in [0.25, 0.3) is 17.4 Å². The SMILES string of the molecule is C[C@]1(C(=O)Nc2ccc(Cl)cc2F)Oc2cccnc2NC1=O. The van der Waals surface area contributed by atoms with E-state index < -0.39 is 23.2 Å². The van der Waals surface area contributed by atoms with E-state index in [1.165, 1.54) is 25.3 Å². The van der Waals surface area contributed by atoms with Gasteiger partial charge in [0.1, 0.15) is 5.82 Å². The fourth-order valence-corrected chi connectivity index (χ4v) is 2.20. The molecule has 2 heterocycles. The van der Waals surface area contributed by atoms with Gasteiger partial charge in [-0.15, -0.1) is 0 Å². The van der Waals surface area contributed by atoms with Crippen LogP contribution in [0.5, 0.6) is 5.75 Å². The van der Waals surface area contributed by atoms with Gasteiger partial charge in [0.15, 0.2) is 11.6 Å². The van der Waals surface area contributed by atoms with Crippen molar-refractivity contribution < 1.29 is 18.7 Å². The Labute approximate surface area is 135 Å². The molecule has 0 unspecified atom stereocenters. The van der Waals surface area contributed by atoms with Crippen LogP contribution in [0.1, 0.15) is 6.92 Å². The van der Waals surface area contributed by atoms with Crippen molar-refractivity contribution in [2.45, 2.75) is 12.5 Å². The van der Waals surface area contributed by atoms with E-state index >= 15 is 0 Å². The number of benzene rings is 1. The van der Waals surface area contributed by atoms with E-state index in [0.29, 0.717) is 0 Å². The minimum absolute atomic E-state index is 0.103. The summed E-state index contributed by atoms with van der Waals surface area (Å²) >= 11 is 5.66. The number of amides is 2. The van der Waals surface area contributed by atoms with Crippen LogP contribution < -0.4 is 15.4 Å². The van der Waals surface area contributed by atoms with Crippen molar-refractivity contribution in [1.82, 2.24) is 4.98 Å². The fraction of sp³-hybridized carbons (Fsp3) is 0.133. The normalized spacial score (nSPS) is 19.3. The van der Waals surface area contributed by atoms with Gasteiger partial charge in [-0.1, -0.05) is 11.6 Å². The standard InChI is InChI=1S/C15H11ClFN3O3/c1-15(13(21)19-10-5-4-8(16)7-9(10)17)14(22)20-12-11(23-15)3-2-6-18-12/h2-7H,1H3,(H,19,21)(H,18,20,22)/t15-/m1/s1. The van der Waals surface area contributed by atoms with Gasteiger partial charge in [-0.05, 0) is 37.3 Å². The lowest BCUT2D eigenvalue weighted by atomic mass is 10.0. The number of hydrogen-bond donors (Lipinski definition) is 2. The molecule has 1 atom stereocenters. The molecular formula is C15H11ClFN3O3. The Morgan fingerprint density at radius 1 is 1.43 bits per heavy atom. The third-order valence-electron chi connectivity index (χ3n) is 3.36. The molecular weight excluding hydrogens is 325 g/mol. The molecule has 2 aromatic rings. The second-order valence-electron chi connectivity index (χ2n) is 5.02. The minimum Gasteiger partial charge on any atom is -0.464 e. The molecule has 1 aliphatic rings. The summed E-state index contributed by atoms with van der Waals surface area (Å²) in [4.78, 5) is 28.6. The maximum atomic E-state index is 13.8. The van der Waals surface area contributed by atoms with Gasteiger partial charge in [0, 0.05) is 11.2 Å². The zero-order valence-electron chi connectivity index (χ0n) is 11.9. The van der Waals surface area contributed by atoms with E-state index in [-0.39, 0.29) is 22.3 Å². The van der Waals surface area contributed by atoms with Crippen LogP contribution in [0.25, 0.3) is 0 Å². The number of nitrogens with one attached hydrogen (secondary N) is 2. The van der Waals surface area contributed by atoms with Crippen molar-refractivity contribution in [1.29, 1.82) is 0 Å². The molecule has 0 fully saturated rings. The molecule has 0 bridgehead atoms. The molecule has 3 rings (SSSR count). The molecule has 1 aromatic carbocycles. The molecule has 2 amide bonds. The van der Waals surface area contributed by atoms with Gasteiger partial charge in [-0.2, -0.15) is 0 Å². The summed E-state index contributed by atoms with van der Waals surface area (Å²) in [6.07, 6.45) is 1.48. The smallest absolute Gasteiger partial charge is 0.279 e. The first-order valence-corrected chi connectivity index (χ1v) is 7.00. The number of fused-ring (bicyclic) bond motifs is 1. The maximum absolute atomic E-state index is 13.8. The number of carbonyl (C=O) groups is 2. The van der Waals surface area contributed by atoms with Gasteiger partial charge in [0.2, 0.25) is 0 Å². The number of halogens is 2. The van der Waals surface area contributed by atoms with Crippen molar-refractivity contribution in [2.24, 2.45) is 0 Å². The Kier molecular flexibility index (Phi) is 3.65. The number of hydrogen-bond acceptors (Lipinski definition) is 4. The largest absolute Gasteiger partial charge is 0.464 e. The molecule has 1 aromatic heterocycles. The summed E-state index contributed by atoms with van der Waals surface area (Å²) in [7, 11) is 0. The highest BCUT2D eigenvalue weighted by Gasteiger charge is 2.47. The fourth-order valence-electron chi connectivity index (χ4n) is 2.04. The van der Waals surface area contributed by atoms with Crippen LogP contribution in [0.3, 0.4) is 0 Å². The summed E-state index contributed by atoms with van der Waals surface area (Å²) in [6, 6.07) is 6.95. The zero-order chi connectivity index (χ0) is 16.6. The second kappa shape index (κ2) is 5.51. The molecule has 0 saturated carbocycles. The van der Waals surface area contributed by atoms with E-state index in [0.717, 1.165) is 6.07 Å². The number of anilines is 2.